The van der Waals surface area contributed by atoms with Crippen molar-refractivity contribution in [3.63, 3.8) is 0 Å². The van der Waals surface area contributed by atoms with Gasteiger partial charge in [0.15, 0.2) is 0 Å². The minimum atomic E-state index is -0.560. The molecule has 0 aliphatic heterocycles. The second-order valence-electron chi connectivity index (χ2n) is 6.36. The van der Waals surface area contributed by atoms with Crippen LogP contribution < -0.4 is 20.7 Å². The lowest BCUT2D eigenvalue weighted by Gasteiger charge is -2.21. The number of ether oxygens (including phenoxy) is 1. The van der Waals surface area contributed by atoms with Crippen molar-refractivity contribution in [2.75, 3.05) is 17.7 Å². The number of nitrogens with one attached hydrogen (secondary N) is 3. The molecule has 0 heterocycles. The Morgan fingerprint density at radius 2 is 1.79 bits per heavy atom. The van der Waals surface area contributed by atoms with E-state index in [2.05, 4.69) is 16.0 Å². The molecule has 0 fully saturated rings. The lowest BCUT2D eigenvalue weighted by atomic mass is 10.1. The first-order valence-corrected chi connectivity index (χ1v) is 9.44. The Bertz CT molecular complexity index is 874. The van der Waals surface area contributed by atoms with Crippen LogP contribution in [0.4, 0.5) is 11.4 Å². The zero-order valence-electron chi connectivity index (χ0n) is 16.1. The molecule has 2 rings (SSSR count). The molecule has 0 spiro atoms. The highest BCUT2D eigenvalue weighted by atomic mass is 35.5. The van der Waals surface area contributed by atoms with Gasteiger partial charge in [0.25, 0.3) is 0 Å². The van der Waals surface area contributed by atoms with Crippen LogP contribution >= 0.6 is 23.2 Å². The van der Waals surface area contributed by atoms with Crippen molar-refractivity contribution in [1.29, 1.82) is 0 Å². The van der Waals surface area contributed by atoms with Gasteiger partial charge in [0.1, 0.15) is 11.8 Å². The Morgan fingerprint density at radius 3 is 2.39 bits per heavy atom. The van der Waals surface area contributed by atoms with Crippen molar-refractivity contribution in [3.05, 3.63) is 52.0 Å². The van der Waals surface area contributed by atoms with Crippen LogP contribution in [-0.2, 0) is 9.59 Å². The van der Waals surface area contributed by atoms with Crippen molar-refractivity contribution >= 4 is 46.4 Å². The molecular weight excluding hydrogens is 401 g/mol. The van der Waals surface area contributed by atoms with Gasteiger partial charge in [-0.15, -0.1) is 0 Å². The van der Waals surface area contributed by atoms with Gasteiger partial charge in [-0.05, 0) is 49.7 Å². The Labute approximate surface area is 174 Å². The Hall–Kier alpha value is -2.44. The normalized spacial score (nSPS) is 12.6. The highest BCUT2D eigenvalue weighted by Crippen LogP contribution is 2.29. The number of hydrogen-bond donors (Lipinski definition) is 3. The molecule has 0 aliphatic carbocycles. The third-order valence-electron chi connectivity index (χ3n) is 4.07. The van der Waals surface area contributed by atoms with Crippen LogP contribution in [0.3, 0.4) is 0 Å². The fraction of sp³-hybridized carbons (Fsp3) is 0.300. The Morgan fingerprint density at radius 1 is 1.07 bits per heavy atom. The van der Waals surface area contributed by atoms with E-state index < -0.39 is 6.04 Å². The molecule has 0 saturated carbocycles. The fourth-order valence-corrected chi connectivity index (χ4v) is 3.24. The number of hydrogen-bond acceptors (Lipinski definition) is 4. The summed E-state index contributed by atoms with van der Waals surface area (Å²) in [5.74, 6) is 0.156. The molecule has 28 heavy (non-hydrogen) atoms. The van der Waals surface area contributed by atoms with Crippen LogP contribution in [0.25, 0.3) is 0 Å². The molecule has 0 unspecified atom stereocenters. The van der Waals surface area contributed by atoms with E-state index in [1.54, 1.807) is 43.3 Å². The molecule has 0 aliphatic rings. The summed E-state index contributed by atoms with van der Waals surface area (Å²) >= 11 is 12.1. The number of benzene rings is 2. The quantitative estimate of drug-likeness (QED) is 0.605. The molecule has 6 nitrogen and oxygen atoms in total. The van der Waals surface area contributed by atoms with E-state index in [-0.39, 0.29) is 17.9 Å². The number of methoxy groups -OCH3 is 1. The summed E-state index contributed by atoms with van der Waals surface area (Å²) in [7, 11) is 1.54. The zero-order valence-corrected chi connectivity index (χ0v) is 17.6. The van der Waals surface area contributed by atoms with Crippen LogP contribution in [-0.4, -0.2) is 25.0 Å². The van der Waals surface area contributed by atoms with Gasteiger partial charge >= 0.3 is 0 Å². The third-order valence-corrected chi connectivity index (χ3v) is 4.64. The smallest absolute Gasteiger partial charge is 0.242 e. The van der Waals surface area contributed by atoms with E-state index in [0.29, 0.717) is 27.2 Å². The highest BCUT2D eigenvalue weighted by Gasteiger charge is 2.19. The lowest BCUT2D eigenvalue weighted by molar-refractivity contribution is -0.122. The first kappa shape index (κ1) is 21.9. The third kappa shape index (κ3) is 5.78. The SMILES string of the molecule is COc1ccc(NC(C)=O)cc1N[C@@H](C)C(=O)N[C@H](C)c1ccc(Cl)cc1Cl. The van der Waals surface area contributed by atoms with Crippen LogP contribution in [0.2, 0.25) is 10.0 Å². The number of anilines is 2. The van der Waals surface area contributed by atoms with Gasteiger partial charge in [-0.25, -0.2) is 0 Å². The molecule has 2 aromatic carbocycles. The van der Waals surface area contributed by atoms with E-state index in [1.807, 2.05) is 6.92 Å². The van der Waals surface area contributed by atoms with Gasteiger partial charge in [0.05, 0.1) is 18.8 Å². The maximum Gasteiger partial charge on any atom is 0.242 e. The van der Waals surface area contributed by atoms with Crippen LogP contribution in [0.15, 0.2) is 36.4 Å². The second kappa shape index (κ2) is 9.66. The first-order valence-electron chi connectivity index (χ1n) is 8.68. The summed E-state index contributed by atoms with van der Waals surface area (Å²) < 4.78 is 5.33. The molecular formula is C20H23Cl2N3O3. The van der Waals surface area contributed by atoms with Gasteiger partial charge in [-0.1, -0.05) is 29.3 Å². The van der Waals surface area contributed by atoms with Crippen LogP contribution in [0.1, 0.15) is 32.4 Å². The summed E-state index contributed by atoms with van der Waals surface area (Å²) in [5.41, 5.74) is 1.97. The average molecular weight is 424 g/mol. The summed E-state index contributed by atoms with van der Waals surface area (Å²) in [5, 5.41) is 9.76. The standard InChI is InChI=1S/C20H23Cl2N3O3/c1-11(16-7-5-14(21)9-17(16)22)24-20(27)12(2)23-18-10-15(25-13(3)26)6-8-19(18)28-4/h5-12,23H,1-4H3,(H,24,27)(H,25,26)/t11-,12+/m1/s1. The summed E-state index contributed by atoms with van der Waals surface area (Å²) in [6.45, 7) is 5.00. The van der Waals surface area contributed by atoms with Crippen LogP contribution in [0.5, 0.6) is 5.75 Å². The average Bonchev–Trinajstić information content (AvgIpc) is 2.61. The largest absolute Gasteiger partial charge is 0.495 e. The van der Waals surface area contributed by atoms with Crippen molar-refractivity contribution in [1.82, 2.24) is 5.32 Å². The summed E-state index contributed by atoms with van der Waals surface area (Å²) in [6, 6.07) is 9.45. The predicted octanol–water partition coefficient (Wildman–Crippen LogP) is 4.64. The summed E-state index contributed by atoms with van der Waals surface area (Å²) in [6.07, 6.45) is 0. The van der Waals surface area contributed by atoms with Gasteiger partial charge in [-0.2, -0.15) is 0 Å². The Balaban J connectivity index is 2.10. The molecule has 2 atom stereocenters. The van der Waals surface area contributed by atoms with Crippen molar-refractivity contribution in [2.24, 2.45) is 0 Å². The first-order chi connectivity index (χ1) is 13.2. The number of rotatable bonds is 7. The highest BCUT2D eigenvalue weighted by molar-refractivity contribution is 6.35. The molecule has 3 N–H and O–H groups in total. The number of amides is 2. The molecule has 0 radical (unpaired) electrons. The maximum atomic E-state index is 12.6. The van der Waals surface area contributed by atoms with Gasteiger partial charge in [0, 0.05) is 22.7 Å². The van der Waals surface area contributed by atoms with Crippen molar-refractivity contribution in [2.45, 2.75) is 32.9 Å². The number of carbonyl (C=O) groups excluding carboxylic acids is 2. The zero-order chi connectivity index (χ0) is 20.8. The molecule has 2 aromatic rings. The molecule has 8 heteroatoms. The lowest BCUT2D eigenvalue weighted by Crippen LogP contribution is -2.39. The van der Waals surface area contributed by atoms with Crippen molar-refractivity contribution < 1.29 is 14.3 Å². The predicted molar refractivity (Wildman–Crippen MR) is 113 cm³/mol. The van der Waals surface area contributed by atoms with E-state index >= 15 is 0 Å². The number of carbonyl (C=O) groups is 2. The van der Waals surface area contributed by atoms with Gasteiger partial charge in [0.2, 0.25) is 11.8 Å². The molecule has 0 bridgehead atoms. The molecule has 0 aromatic heterocycles. The van der Waals surface area contributed by atoms with E-state index in [0.717, 1.165) is 5.56 Å². The molecule has 2 amide bonds. The Kier molecular flexibility index (Phi) is 7.54. The van der Waals surface area contributed by atoms with Gasteiger partial charge in [-0.3, -0.25) is 9.59 Å². The minimum absolute atomic E-state index is 0.185. The van der Waals surface area contributed by atoms with Gasteiger partial charge < -0.3 is 20.7 Å². The topological polar surface area (TPSA) is 79.5 Å². The second-order valence-corrected chi connectivity index (χ2v) is 7.20. The molecule has 150 valence electrons. The minimum Gasteiger partial charge on any atom is -0.495 e. The van der Waals surface area contributed by atoms with Crippen molar-refractivity contribution in [3.8, 4) is 5.75 Å². The molecule has 0 saturated heterocycles. The summed E-state index contributed by atoms with van der Waals surface area (Å²) in [4.78, 5) is 23.9. The maximum absolute atomic E-state index is 12.6. The number of halogens is 2. The van der Waals surface area contributed by atoms with E-state index in [4.69, 9.17) is 27.9 Å². The van der Waals surface area contributed by atoms with E-state index in [9.17, 15) is 9.59 Å². The van der Waals surface area contributed by atoms with Crippen LogP contribution in [0, 0.1) is 0 Å². The monoisotopic (exact) mass is 423 g/mol. The fourth-order valence-electron chi connectivity index (χ4n) is 2.67. The van der Waals surface area contributed by atoms with E-state index in [1.165, 1.54) is 14.0 Å².